The van der Waals surface area contributed by atoms with Crippen LogP contribution < -0.4 is 10.2 Å². The van der Waals surface area contributed by atoms with E-state index in [1.54, 1.807) is 0 Å². The molecule has 0 aliphatic rings. The fraction of sp³-hybridized carbons (Fsp3) is 0.556. The Morgan fingerprint density at radius 3 is 1.92 bits per heavy atom. The van der Waals surface area contributed by atoms with Crippen LogP contribution in [0.4, 0.5) is 5.69 Å². The molecule has 0 saturated carbocycles. The van der Waals surface area contributed by atoms with Crippen molar-refractivity contribution in [3.8, 4) is 0 Å². The van der Waals surface area contributed by atoms with Crippen LogP contribution >= 0.6 is 0 Å². The lowest BCUT2D eigenvalue weighted by atomic mass is 10.2. The lowest BCUT2D eigenvalue weighted by molar-refractivity contribution is -0.159. The van der Waals surface area contributed by atoms with Crippen molar-refractivity contribution >= 4 is 17.6 Å². The molecule has 25 heavy (non-hydrogen) atoms. The normalized spacial score (nSPS) is 10.1. The Kier molecular flexibility index (Phi) is 12.1. The molecule has 0 aliphatic carbocycles. The molecule has 0 aromatic heterocycles. The molecule has 0 aliphatic heterocycles. The number of hydrogen-bond donors (Lipinski definition) is 3. The number of aliphatic carboxylic acids is 2. The molecule has 0 atom stereocenters. The van der Waals surface area contributed by atoms with E-state index >= 15 is 0 Å². The molecule has 1 aromatic carbocycles. The molecule has 0 fully saturated rings. The van der Waals surface area contributed by atoms with Crippen molar-refractivity contribution in [3.05, 3.63) is 29.8 Å². The monoisotopic (exact) mass is 353 g/mol. The van der Waals surface area contributed by atoms with Gasteiger partial charge in [-0.05, 0) is 65.1 Å². The average molecular weight is 353 g/mol. The van der Waals surface area contributed by atoms with Gasteiger partial charge in [-0.25, -0.2) is 9.59 Å². The zero-order chi connectivity index (χ0) is 19.2. The van der Waals surface area contributed by atoms with Crippen molar-refractivity contribution in [2.75, 3.05) is 45.2 Å². The van der Waals surface area contributed by atoms with E-state index in [1.807, 2.05) is 0 Å². The van der Waals surface area contributed by atoms with Crippen molar-refractivity contribution < 1.29 is 19.8 Å². The van der Waals surface area contributed by atoms with Gasteiger partial charge in [-0.2, -0.15) is 0 Å². The predicted octanol–water partition coefficient (Wildman–Crippen LogP) is 1.73. The Bertz CT molecular complexity index is 488. The van der Waals surface area contributed by atoms with Crippen LogP contribution in [0, 0.1) is 0 Å². The second-order valence-corrected chi connectivity index (χ2v) is 5.78. The number of rotatable bonds is 9. The van der Waals surface area contributed by atoms with E-state index in [9.17, 15) is 0 Å². The van der Waals surface area contributed by atoms with Crippen molar-refractivity contribution in [1.29, 1.82) is 0 Å². The zero-order valence-electron chi connectivity index (χ0n) is 15.7. The van der Waals surface area contributed by atoms with Gasteiger partial charge >= 0.3 is 11.9 Å². The van der Waals surface area contributed by atoms with Crippen LogP contribution in [0.2, 0.25) is 0 Å². The van der Waals surface area contributed by atoms with Gasteiger partial charge in [-0.15, -0.1) is 0 Å². The molecule has 1 aromatic rings. The van der Waals surface area contributed by atoms with Crippen LogP contribution in [0.25, 0.3) is 0 Å². The van der Waals surface area contributed by atoms with Gasteiger partial charge in [0.05, 0.1) is 0 Å². The second-order valence-electron chi connectivity index (χ2n) is 5.78. The van der Waals surface area contributed by atoms with Gasteiger partial charge in [-0.3, -0.25) is 0 Å². The number of carboxylic acid groups (broad SMARTS) is 2. The van der Waals surface area contributed by atoms with Gasteiger partial charge in [0.15, 0.2) is 0 Å². The fourth-order valence-electron chi connectivity index (χ4n) is 2.17. The van der Waals surface area contributed by atoms with Crippen molar-refractivity contribution in [1.82, 2.24) is 10.2 Å². The smallest absolute Gasteiger partial charge is 0.414 e. The summed E-state index contributed by atoms with van der Waals surface area (Å²) in [6.45, 7) is 9.72. The molecule has 0 radical (unpaired) electrons. The summed E-state index contributed by atoms with van der Waals surface area (Å²) in [6.07, 6.45) is 1.20. The highest BCUT2D eigenvalue weighted by atomic mass is 16.4. The van der Waals surface area contributed by atoms with Crippen molar-refractivity contribution in [2.24, 2.45) is 0 Å². The summed E-state index contributed by atoms with van der Waals surface area (Å²) in [7, 11) is 4.23. The average Bonchev–Trinajstić information content (AvgIpc) is 2.57. The van der Waals surface area contributed by atoms with E-state index in [0.717, 1.165) is 32.7 Å². The molecule has 1 rings (SSSR count). The molecule has 0 unspecified atom stereocenters. The first-order valence-electron chi connectivity index (χ1n) is 8.47. The first-order valence-corrected chi connectivity index (χ1v) is 8.47. The molecule has 3 N–H and O–H groups in total. The van der Waals surface area contributed by atoms with Crippen LogP contribution in [0.15, 0.2) is 24.3 Å². The summed E-state index contributed by atoms with van der Waals surface area (Å²) >= 11 is 0. The molecule has 0 spiro atoms. The first kappa shape index (κ1) is 22.9. The SMILES string of the molecule is CCN(CC)c1ccc(CNCCCN(C)C)cc1.O=C(O)C(=O)O. The number of carboxylic acids is 2. The summed E-state index contributed by atoms with van der Waals surface area (Å²) in [5.41, 5.74) is 2.68. The molecular weight excluding hydrogens is 322 g/mol. The number of anilines is 1. The predicted molar refractivity (Wildman–Crippen MR) is 100 cm³/mol. The molecule has 7 heteroatoms. The van der Waals surface area contributed by atoms with Gasteiger partial charge < -0.3 is 25.3 Å². The number of benzene rings is 1. The number of hydrogen-bond acceptors (Lipinski definition) is 5. The third kappa shape index (κ3) is 11.1. The third-order valence-corrected chi connectivity index (χ3v) is 3.54. The Labute approximate surface area is 150 Å². The van der Waals surface area contributed by atoms with Crippen molar-refractivity contribution in [2.45, 2.75) is 26.8 Å². The number of carbonyl (C=O) groups is 2. The highest BCUT2D eigenvalue weighted by Gasteiger charge is 2.04. The first-order chi connectivity index (χ1) is 11.8. The molecule has 0 amide bonds. The van der Waals surface area contributed by atoms with E-state index in [0.29, 0.717) is 0 Å². The van der Waals surface area contributed by atoms with Gasteiger partial charge in [0.25, 0.3) is 0 Å². The Balaban J connectivity index is 0.000000823. The van der Waals surface area contributed by atoms with Crippen LogP contribution in [-0.4, -0.2) is 67.3 Å². The zero-order valence-corrected chi connectivity index (χ0v) is 15.7. The quantitative estimate of drug-likeness (QED) is 0.460. The lowest BCUT2D eigenvalue weighted by Gasteiger charge is -2.21. The van der Waals surface area contributed by atoms with Gasteiger partial charge in [-0.1, -0.05) is 12.1 Å². The topological polar surface area (TPSA) is 93.1 Å². The van der Waals surface area contributed by atoms with E-state index in [-0.39, 0.29) is 0 Å². The summed E-state index contributed by atoms with van der Waals surface area (Å²) in [5.74, 6) is -3.65. The summed E-state index contributed by atoms with van der Waals surface area (Å²) in [5, 5.41) is 18.3. The van der Waals surface area contributed by atoms with E-state index in [4.69, 9.17) is 19.8 Å². The summed E-state index contributed by atoms with van der Waals surface area (Å²) < 4.78 is 0. The lowest BCUT2D eigenvalue weighted by Crippen LogP contribution is -2.22. The molecule has 0 saturated heterocycles. The fourth-order valence-corrected chi connectivity index (χ4v) is 2.17. The maximum absolute atomic E-state index is 9.10. The summed E-state index contributed by atoms with van der Waals surface area (Å²) in [6, 6.07) is 8.91. The van der Waals surface area contributed by atoms with Gasteiger partial charge in [0.2, 0.25) is 0 Å². The summed E-state index contributed by atoms with van der Waals surface area (Å²) in [4.78, 5) is 22.8. The van der Waals surface area contributed by atoms with Crippen LogP contribution in [0.1, 0.15) is 25.8 Å². The van der Waals surface area contributed by atoms with E-state index in [2.05, 4.69) is 67.3 Å². The minimum Gasteiger partial charge on any atom is -0.473 e. The highest BCUT2D eigenvalue weighted by molar-refractivity contribution is 6.27. The van der Waals surface area contributed by atoms with Crippen LogP contribution in [0.5, 0.6) is 0 Å². The standard InChI is InChI=1S/C16H29N3.C2H2O4/c1-5-19(6-2)16-10-8-15(9-11-16)14-17-12-7-13-18(3)4;3-1(4)2(5)6/h8-11,17H,5-7,12-14H2,1-4H3;(H,3,4)(H,5,6). The van der Waals surface area contributed by atoms with Crippen LogP contribution in [-0.2, 0) is 16.1 Å². The Morgan fingerprint density at radius 2 is 1.52 bits per heavy atom. The Hall–Kier alpha value is -2.12. The maximum atomic E-state index is 9.10. The molecule has 7 nitrogen and oxygen atoms in total. The Morgan fingerprint density at radius 1 is 1.00 bits per heavy atom. The molecule has 142 valence electrons. The van der Waals surface area contributed by atoms with Gasteiger partial charge in [0, 0.05) is 25.3 Å². The van der Waals surface area contributed by atoms with Gasteiger partial charge in [0.1, 0.15) is 0 Å². The molecule has 0 heterocycles. The minimum atomic E-state index is -1.82. The molecule has 0 bridgehead atoms. The second kappa shape index (κ2) is 13.2. The number of nitrogens with zero attached hydrogens (tertiary/aromatic N) is 2. The molecular formula is C18H31N3O4. The third-order valence-electron chi connectivity index (χ3n) is 3.54. The largest absolute Gasteiger partial charge is 0.473 e. The number of nitrogens with one attached hydrogen (secondary N) is 1. The van der Waals surface area contributed by atoms with Crippen molar-refractivity contribution in [3.63, 3.8) is 0 Å². The maximum Gasteiger partial charge on any atom is 0.414 e. The van der Waals surface area contributed by atoms with E-state index < -0.39 is 11.9 Å². The van der Waals surface area contributed by atoms with E-state index in [1.165, 1.54) is 17.7 Å². The minimum absolute atomic E-state index is 0.964. The van der Waals surface area contributed by atoms with Crippen LogP contribution in [0.3, 0.4) is 0 Å². The highest BCUT2D eigenvalue weighted by Crippen LogP contribution is 2.14.